The minimum absolute atomic E-state index is 0.0417. The number of rotatable bonds is 8. The number of fused-ring (bicyclic) bond motifs is 2. The molecule has 0 aliphatic rings. The highest BCUT2D eigenvalue weighted by molar-refractivity contribution is 7.88. The molecular formula is C31H25F3N6O8S. The van der Waals surface area contributed by atoms with Gasteiger partial charge in [-0.1, -0.05) is 60.7 Å². The zero-order valence-corrected chi connectivity index (χ0v) is 26.3. The molecule has 0 unspecified atom stereocenters. The molecule has 18 heteroatoms. The lowest BCUT2D eigenvalue weighted by Crippen LogP contribution is -2.31. The average Bonchev–Trinajstić information content (AvgIpc) is 3.05. The Bertz CT molecular complexity index is 2350. The van der Waals surface area contributed by atoms with E-state index in [-0.39, 0.29) is 41.3 Å². The van der Waals surface area contributed by atoms with Crippen LogP contribution >= 0.6 is 0 Å². The Kier molecular flexibility index (Phi) is 9.79. The molecule has 6 rings (SSSR count). The highest BCUT2D eigenvalue weighted by Crippen LogP contribution is 2.31. The largest absolute Gasteiger partial charge is 0.534 e. The van der Waals surface area contributed by atoms with E-state index in [1.165, 1.54) is 13.3 Å². The molecule has 0 amide bonds. The van der Waals surface area contributed by atoms with E-state index in [1.807, 2.05) is 30.3 Å². The lowest BCUT2D eigenvalue weighted by Gasteiger charge is -2.15. The number of halogens is 3. The van der Waals surface area contributed by atoms with Gasteiger partial charge in [-0.2, -0.15) is 21.6 Å². The number of aromatic nitrogens is 6. The summed E-state index contributed by atoms with van der Waals surface area (Å²) in [7, 11) is -5.99. The van der Waals surface area contributed by atoms with Crippen LogP contribution in [0.2, 0.25) is 0 Å². The molecule has 0 saturated heterocycles. The maximum absolute atomic E-state index is 12.7. The fourth-order valence-corrected chi connectivity index (χ4v) is 4.89. The molecule has 14 nitrogen and oxygen atoms in total. The molecule has 6 aromatic rings. The Morgan fingerprint density at radius 1 is 0.714 bits per heavy atom. The van der Waals surface area contributed by atoms with Crippen LogP contribution in [-0.4, -0.2) is 48.4 Å². The predicted octanol–water partition coefficient (Wildman–Crippen LogP) is 3.39. The van der Waals surface area contributed by atoms with Crippen molar-refractivity contribution in [2.24, 2.45) is 0 Å². The molecule has 4 heterocycles. The summed E-state index contributed by atoms with van der Waals surface area (Å²) in [6, 6.07) is 19.9. The molecule has 0 radical (unpaired) electrons. The van der Waals surface area contributed by atoms with Crippen LogP contribution in [0.15, 0.2) is 95.0 Å². The van der Waals surface area contributed by atoms with E-state index in [0.717, 1.165) is 27.4 Å². The first-order valence-corrected chi connectivity index (χ1v) is 15.5. The van der Waals surface area contributed by atoms with Gasteiger partial charge >= 0.3 is 15.6 Å². The van der Waals surface area contributed by atoms with Crippen molar-refractivity contribution in [2.75, 3.05) is 0 Å². The van der Waals surface area contributed by atoms with E-state index in [9.17, 15) is 36.3 Å². The number of hydrogen-bond donors (Lipinski definition) is 1. The summed E-state index contributed by atoms with van der Waals surface area (Å²) >= 11 is 0. The monoisotopic (exact) mass is 698 g/mol. The third-order valence-corrected chi connectivity index (χ3v) is 7.69. The first-order chi connectivity index (χ1) is 23.3. The van der Waals surface area contributed by atoms with Crippen molar-refractivity contribution in [3.63, 3.8) is 0 Å². The van der Waals surface area contributed by atoms with Gasteiger partial charge in [-0.05, 0) is 25.0 Å². The van der Waals surface area contributed by atoms with Crippen molar-refractivity contribution in [3.8, 4) is 11.5 Å². The van der Waals surface area contributed by atoms with Gasteiger partial charge in [0.25, 0.3) is 11.1 Å². The number of nitrogens with zero attached hydrogens (tertiary/aromatic N) is 6. The van der Waals surface area contributed by atoms with Gasteiger partial charge in [-0.15, -0.1) is 9.46 Å². The molecule has 0 aliphatic carbocycles. The van der Waals surface area contributed by atoms with Gasteiger partial charge in [0.2, 0.25) is 0 Å². The van der Waals surface area contributed by atoms with Gasteiger partial charge in [-0.25, -0.2) is 19.9 Å². The van der Waals surface area contributed by atoms with E-state index in [2.05, 4.69) is 24.1 Å². The number of aryl methyl sites for hydroxylation is 2. The van der Waals surface area contributed by atoms with Crippen LogP contribution in [0.25, 0.3) is 22.1 Å². The van der Waals surface area contributed by atoms with Crippen LogP contribution in [0.3, 0.4) is 0 Å². The minimum atomic E-state index is -5.99. The molecular weight excluding hydrogens is 673 g/mol. The van der Waals surface area contributed by atoms with E-state index >= 15 is 0 Å². The van der Waals surface area contributed by atoms with Crippen molar-refractivity contribution < 1.29 is 40.6 Å². The average molecular weight is 699 g/mol. The highest BCUT2D eigenvalue weighted by Gasteiger charge is 2.49. The quantitative estimate of drug-likeness (QED) is 0.181. The van der Waals surface area contributed by atoms with E-state index in [4.69, 9.17) is 9.68 Å². The molecule has 0 saturated carbocycles. The zero-order valence-electron chi connectivity index (χ0n) is 25.5. The smallest absolute Gasteiger partial charge is 0.507 e. The second-order valence-electron chi connectivity index (χ2n) is 10.1. The fourth-order valence-electron chi connectivity index (χ4n) is 4.43. The number of hydrogen-bond acceptors (Lipinski definition) is 12. The van der Waals surface area contributed by atoms with Gasteiger partial charge in [0.15, 0.2) is 17.0 Å². The molecule has 49 heavy (non-hydrogen) atoms. The van der Waals surface area contributed by atoms with Crippen LogP contribution < -0.4 is 25.0 Å². The van der Waals surface area contributed by atoms with Crippen LogP contribution in [0.4, 0.5) is 13.2 Å². The van der Waals surface area contributed by atoms with Crippen LogP contribution in [0.5, 0.6) is 11.5 Å². The topological polar surface area (TPSA) is 178 Å². The standard InChI is InChI=1S/C16H12F3N3O5S.C15H13N3O3/c1-10-14-12(27-28(24,25)16(17,18)19)7-13(23)22(15(14)21-9-20-10)26-8-11-5-3-2-4-6-11;1-10-14-12(19)7-13(20)18(15(14)17-9-16-10)21-8-11-5-3-2-4-6-11/h2-7,9H,8H2,1H3;2-7,9,19H,8H2,1H3. The Morgan fingerprint density at radius 3 is 1.65 bits per heavy atom. The predicted molar refractivity (Wildman–Crippen MR) is 168 cm³/mol. The molecule has 2 aromatic carbocycles. The van der Waals surface area contributed by atoms with E-state index in [1.54, 1.807) is 37.3 Å². The Morgan fingerprint density at radius 2 is 1.16 bits per heavy atom. The van der Waals surface area contributed by atoms with Crippen LogP contribution in [0.1, 0.15) is 22.5 Å². The van der Waals surface area contributed by atoms with Crippen LogP contribution in [-0.2, 0) is 23.3 Å². The summed E-state index contributed by atoms with van der Waals surface area (Å²) in [5.74, 6) is -0.984. The third-order valence-electron chi connectivity index (χ3n) is 6.73. The maximum Gasteiger partial charge on any atom is 0.534 e. The van der Waals surface area contributed by atoms with E-state index in [0.29, 0.717) is 22.7 Å². The first kappa shape index (κ1) is 34.3. The maximum atomic E-state index is 12.7. The molecule has 254 valence electrons. The van der Waals surface area contributed by atoms with Gasteiger partial charge in [-0.3, -0.25) is 9.59 Å². The zero-order chi connectivity index (χ0) is 35.3. The fraction of sp³-hybridized carbons (Fsp3) is 0.161. The summed E-state index contributed by atoms with van der Waals surface area (Å²) in [5, 5.41) is 10.1. The molecule has 1 N–H and O–H groups in total. The van der Waals surface area contributed by atoms with Crippen molar-refractivity contribution in [1.29, 1.82) is 0 Å². The number of pyridine rings is 2. The lowest BCUT2D eigenvalue weighted by atomic mass is 10.2. The van der Waals surface area contributed by atoms with Gasteiger partial charge < -0.3 is 19.0 Å². The summed E-state index contributed by atoms with van der Waals surface area (Å²) in [6.45, 7) is 3.31. The number of alkyl halides is 3. The summed E-state index contributed by atoms with van der Waals surface area (Å²) in [4.78, 5) is 51.0. The van der Waals surface area contributed by atoms with Crippen molar-refractivity contribution in [1.82, 2.24) is 29.4 Å². The minimum Gasteiger partial charge on any atom is -0.507 e. The summed E-state index contributed by atoms with van der Waals surface area (Å²) < 4.78 is 66.7. The third kappa shape index (κ3) is 7.59. The number of aromatic hydroxyl groups is 1. The van der Waals surface area contributed by atoms with Gasteiger partial charge in [0, 0.05) is 6.07 Å². The molecule has 0 bridgehead atoms. The van der Waals surface area contributed by atoms with Crippen molar-refractivity contribution in [3.05, 3.63) is 129 Å². The molecule has 0 spiro atoms. The second-order valence-corrected chi connectivity index (χ2v) is 11.7. The van der Waals surface area contributed by atoms with Gasteiger partial charge in [0.1, 0.15) is 31.6 Å². The Labute approximate surface area is 274 Å². The summed E-state index contributed by atoms with van der Waals surface area (Å²) in [6.07, 6.45) is 2.39. The first-order valence-electron chi connectivity index (χ1n) is 14.1. The second kappa shape index (κ2) is 14.0. The SMILES string of the molecule is Cc1ncnc2c1c(O)cc(=O)n2OCc1ccccc1.Cc1ncnc2c1c(OS(=O)(=O)C(F)(F)F)cc(=O)n2OCc1ccccc1. The number of benzene rings is 2. The summed E-state index contributed by atoms with van der Waals surface area (Å²) in [5.41, 5.74) is -4.77. The lowest BCUT2D eigenvalue weighted by molar-refractivity contribution is -0.0499. The Balaban J connectivity index is 0.000000199. The van der Waals surface area contributed by atoms with Crippen LogP contribution in [0, 0.1) is 13.8 Å². The Hall–Kier alpha value is -6.04. The van der Waals surface area contributed by atoms with Crippen molar-refractivity contribution in [2.45, 2.75) is 32.6 Å². The van der Waals surface area contributed by atoms with Crippen molar-refractivity contribution >= 4 is 32.2 Å². The molecule has 0 atom stereocenters. The molecule has 0 fully saturated rings. The normalized spacial score (nSPS) is 11.5. The van der Waals surface area contributed by atoms with E-state index < -0.39 is 32.5 Å². The van der Waals surface area contributed by atoms with Gasteiger partial charge in [0.05, 0.1) is 28.2 Å². The molecule has 4 aromatic heterocycles. The highest BCUT2D eigenvalue weighted by atomic mass is 32.2. The molecule has 0 aliphatic heterocycles.